The second-order valence-electron chi connectivity index (χ2n) is 3.60. The number of allylic oxidation sites excluding steroid dienone is 1. The Morgan fingerprint density at radius 3 is 2.50 bits per heavy atom. The van der Waals surface area contributed by atoms with Crippen molar-refractivity contribution in [2.75, 3.05) is 0 Å². The van der Waals surface area contributed by atoms with Crippen LogP contribution in [0.5, 0.6) is 0 Å². The van der Waals surface area contributed by atoms with Crippen LogP contribution in [0.2, 0.25) is 0 Å². The second kappa shape index (κ2) is 8.83. The molecule has 0 aliphatic heterocycles. The summed E-state index contributed by atoms with van der Waals surface area (Å²) in [5.41, 5.74) is 0. The average Bonchev–Trinajstić information content (AvgIpc) is 2.09. The Morgan fingerprint density at radius 2 is 1.92 bits per heavy atom. The molecule has 0 rings (SSSR count). The van der Waals surface area contributed by atoms with Crippen LogP contribution in [-0.2, 0) is 0 Å². The summed E-state index contributed by atoms with van der Waals surface area (Å²) in [4.78, 5) is 0. The van der Waals surface area contributed by atoms with E-state index >= 15 is 0 Å². The molecule has 0 saturated carbocycles. The van der Waals surface area contributed by atoms with Gasteiger partial charge in [0.05, 0.1) is 0 Å². The number of unbranched alkanes of at least 4 members (excludes halogenated alkanes) is 3. The first-order valence-electron chi connectivity index (χ1n) is 5.23. The van der Waals surface area contributed by atoms with Crippen molar-refractivity contribution in [2.45, 2.75) is 58.8 Å². The predicted molar refractivity (Wildman–Crippen MR) is 57.1 cm³/mol. The fraction of sp³-hybridized carbons (Fsp3) is 0.750. The molecular weight excluding hydrogens is 144 g/mol. The van der Waals surface area contributed by atoms with E-state index in [0.29, 0.717) is 0 Å². The van der Waals surface area contributed by atoms with Crippen LogP contribution in [0.1, 0.15) is 58.8 Å². The molecule has 0 aromatic heterocycles. The van der Waals surface area contributed by atoms with Gasteiger partial charge in [0.15, 0.2) is 0 Å². The summed E-state index contributed by atoms with van der Waals surface area (Å²) in [7, 11) is 0. The predicted octanol–water partition coefficient (Wildman–Crippen LogP) is 4.52. The molecular formula is C12H23. The van der Waals surface area contributed by atoms with Gasteiger partial charge in [-0.25, -0.2) is 0 Å². The maximum atomic E-state index is 3.73. The van der Waals surface area contributed by atoms with E-state index in [1.54, 1.807) is 5.92 Å². The Hall–Kier alpha value is -0.260. The molecule has 0 heteroatoms. The molecule has 0 unspecified atom stereocenters. The van der Waals surface area contributed by atoms with Crippen molar-refractivity contribution in [3.63, 3.8) is 0 Å². The van der Waals surface area contributed by atoms with Crippen LogP contribution < -0.4 is 0 Å². The molecule has 0 spiro atoms. The van der Waals surface area contributed by atoms with Crippen LogP contribution in [0.15, 0.2) is 12.7 Å². The van der Waals surface area contributed by atoms with Gasteiger partial charge in [0.25, 0.3) is 0 Å². The highest BCUT2D eigenvalue weighted by molar-refractivity contribution is 4.86. The molecule has 0 atom stereocenters. The minimum absolute atomic E-state index is 1.15. The van der Waals surface area contributed by atoms with Crippen molar-refractivity contribution in [1.82, 2.24) is 0 Å². The SMILES string of the molecule is C=CCC[C](C)CCCCCC. The molecule has 0 aromatic rings. The summed E-state index contributed by atoms with van der Waals surface area (Å²) in [5.74, 6) is 1.64. The molecule has 12 heavy (non-hydrogen) atoms. The van der Waals surface area contributed by atoms with E-state index in [1.807, 2.05) is 6.08 Å². The van der Waals surface area contributed by atoms with E-state index in [4.69, 9.17) is 0 Å². The summed E-state index contributed by atoms with van der Waals surface area (Å²) < 4.78 is 0. The van der Waals surface area contributed by atoms with Crippen LogP contribution >= 0.6 is 0 Å². The summed E-state index contributed by atoms with van der Waals surface area (Å²) in [5, 5.41) is 0. The van der Waals surface area contributed by atoms with Crippen molar-refractivity contribution in [2.24, 2.45) is 0 Å². The van der Waals surface area contributed by atoms with Crippen molar-refractivity contribution in [3.8, 4) is 0 Å². The first kappa shape index (κ1) is 11.7. The zero-order valence-electron chi connectivity index (χ0n) is 8.73. The van der Waals surface area contributed by atoms with Crippen molar-refractivity contribution >= 4 is 0 Å². The lowest BCUT2D eigenvalue weighted by molar-refractivity contribution is 0.617. The van der Waals surface area contributed by atoms with Gasteiger partial charge >= 0.3 is 0 Å². The maximum absolute atomic E-state index is 3.73. The number of hydrogen-bond donors (Lipinski definition) is 0. The fourth-order valence-corrected chi connectivity index (χ4v) is 1.33. The maximum Gasteiger partial charge on any atom is -0.0269 e. The standard InChI is InChI=1S/C12H23/c1-4-6-8-9-11-12(3)10-7-5-2/h5H,2,4,6-11H2,1,3H3. The molecule has 0 aliphatic rings. The van der Waals surface area contributed by atoms with Crippen LogP contribution in [0.3, 0.4) is 0 Å². The van der Waals surface area contributed by atoms with E-state index in [-0.39, 0.29) is 0 Å². The summed E-state index contributed by atoms with van der Waals surface area (Å²) in [6, 6.07) is 0. The molecule has 0 aromatic carbocycles. The summed E-state index contributed by atoms with van der Waals surface area (Å²) in [6.45, 7) is 8.26. The van der Waals surface area contributed by atoms with Gasteiger partial charge in [-0.15, -0.1) is 6.58 Å². The smallest absolute Gasteiger partial charge is 0.0269 e. The zero-order chi connectivity index (χ0) is 9.23. The first-order valence-corrected chi connectivity index (χ1v) is 5.23. The Balaban J connectivity index is 3.07. The van der Waals surface area contributed by atoms with Gasteiger partial charge in [-0.1, -0.05) is 45.6 Å². The monoisotopic (exact) mass is 167 g/mol. The lowest BCUT2D eigenvalue weighted by Crippen LogP contribution is -1.91. The normalized spacial score (nSPS) is 10.6. The highest BCUT2D eigenvalue weighted by atomic mass is 14.1. The van der Waals surface area contributed by atoms with Gasteiger partial charge in [0.2, 0.25) is 0 Å². The van der Waals surface area contributed by atoms with Crippen LogP contribution in [0.25, 0.3) is 0 Å². The van der Waals surface area contributed by atoms with Gasteiger partial charge in [0, 0.05) is 0 Å². The highest BCUT2D eigenvalue weighted by Gasteiger charge is 2.00. The van der Waals surface area contributed by atoms with Crippen molar-refractivity contribution in [3.05, 3.63) is 18.6 Å². The third kappa shape index (κ3) is 7.84. The molecule has 0 amide bonds. The molecule has 0 saturated heterocycles. The van der Waals surface area contributed by atoms with Gasteiger partial charge in [-0.2, -0.15) is 0 Å². The van der Waals surface area contributed by atoms with Crippen molar-refractivity contribution in [1.29, 1.82) is 0 Å². The number of hydrogen-bond acceptors (Lipinski definition) is 0. The van der Waals surface area contributed by atoms with Gasteiger partial charge in [0.1, 0.15) is 0 Å². The average molecular weight is 167 g/mol. The van der Waals surface area contributed by atoms with E-state index < -0.39 is 0 Å². The summed E-state index contributed by atoms with van der Waals surface area (Å²) >= 11 is 0. The van der Waals surface area contributed by atoms with E-state index in [9.17, 15) is 0 Å². The van der Waals surface area contributed by atoms with Gasteiger partial charge in [-0.3, -0.25) is 0 Å². The third-order valence-electron chi connectivity index (χ3n) is 2.23. The Kier molecular flexibility index (Phi) is 8.64. The number of rotatable bonds is 8. The minimum Gasteiger partial charge on any atom is -0.103 e. The quantitative estimate of drug-likeness (QED) is 0.368. The fourth-order valence-electron chi connectivity index (χ4n) is 1.33. The molecule has 0 N–H and O–H groups in total. The Bertz CT molecular complexity index is 94.2. The van der Waals surface area contributed by atoms with Crippen LogP contribution in [0, 0.1) is 5.92 Å². The van der Waals surface area contributed by atoms with E-state index in [0.717, 1.165) is 6.42 Å². The van der Waals surface area contributed by atoms with Crippen molar-refractivity contribution < 1.29 is 0 Å². The largest absolute Gasteiger partial charge is 0.103 e. The Labute approximate surface area is 78.1 Å². The lowest BCUT2D eigenvalue weighted by Gasteiger charge is -2.08. The third-order valence-corrected chi connectivity index (χ3v) is 2.23. The second-order valence-corrected chi connectivity index (χ2v) is 3.60. The lowest BCUT2D eigenvalue weighted by atomic mass is 9.98. The Morgan fingerprint density at radius 1 is 1.17 bits per heavy atom. The molecule has 0 heterocycles. The highest BCUT2D eigenvalue weighted by Crippen LogP contribution is 2.17. The zero-order valence-corrected chi connectivity index (χ0v) is 8.73. The van der Waals surface area contributed by atoms with Crippen LogP contribution in [0.4, 0.5) is 0 Å². The minimum atomic E-state index is 1.15. The summed E-state index contributed by atoms with van der Waals surface area (Å²) in [6.07, 6.45) is 11.3. The van der Waals surface area contributed by atoms with Gasteiger partial charge in [-0.05, 0) is 25.2 Å². The molecule has 0 fully saturated rings. The van der Waals surface area contributed by atoms with Gasteiger partial charge < -0.3 is 0 Å². The molecule has 1 radical (unpaired) electrons. The topological polar surface area (TPSA) is 0 Å². The molecule has 71 valence electrons. The molecule has 0 aliphatic carbocycles. The first-order chi connectivity index (χ1) is 5.81. The molecule has 0 bridgehead atoms. The molecule has 0 nitrogen and oxygen atoms in total. The van der Waals surface area contributed by atoms with E-state index in [1.165, 1.54) is 38.5 Å². The van der Waals surface area contributed by atoms with Crippen LogP contribution in [-0.4, -0.2) is 0 Å². The van der Waals surface area contributed by atoms with E-state index in [2.05, 4.69) is 20.4 Å².